The summed E-state index contributed by atoms with van der Waals surface area (Å²) in [5.74, 6) is 0. The van der Waals surface area contributed by atoms with Crippen molar-refractivity contribution >= 4 is 34.9 Å². The first-order valence-electron chi connectivity index (χ1n) is 4.84. The Morgan fingerprint density at radius 3 is 2.80 bits per heavy atom. The highest BCUT2D eigenvalue weighted by atomic mass is 35.5. The van der Waals surface area contributed by atoms with Crippen molar-refractivity contribution in [3.63, 3.8) is 0 Å². The minimum atomic E-state index is 0. The Morgan fingerprint density at radius 2 is 2.07 bits per heavy atom. The molecule has 2 aromatic rings. The molecule has 0 atom stereocenters. The topological polar surface area (TPSA) is 12.9 Å². The van der Waals surface area contributed by atoms with Crippen LogP contribution in [-0.2, 0) is 6.42 Å². The van der Waals surface area contributed by atoms with E-state index < -0.39 is 0 Å². The maximum atomic E-state index is 5.91. The maximum absolute atomic E-state index is 5.91. The van der Waals surface area contributed by atoms with Crippen LogP contribution < -0.4 is 0 Å². The first-order valence-corrected chi connectivity index (χ1v) is 5.22. The lowest BCUT2D eigenvalue weighted by Gasteiger charge is -2.04. The number of aryl methyl sites for hydroxylation is 1. The third-order valence-corrected chi connectivity index (χ3v) is 2.55. The van der Waals surface area contributed by atoms with Gasteiger partial charge in [-0.25, -0.2) is 0 Å². The SMILES string of the molecule is CCCc1ccnc2cc(Cl)ccc12.Cl. The molecule has 0 saturated heterocycles. The fourth-order valence-electron chi connectivity index (χ4n) is 1.67. The molecule has 0 aliphatic rings. The number of aromatic nitrogens is 1. The summed E-state index contributed by atoms with van der Waals surface area (Å²) >= 11 is 5.91. The van der Waals surface area contributed by atoms with Crippen LogP contribution in [-0.4, -0.2) is 4.98 Å². The Kier molecular flexibility index (Phi) is 4.37. The number of halogens is 2. The highest BCUT2D eigenvalue weighted by Gasteiger charge is 2.00. The molecule has 1 aromatic carbocycles. The largest absolute Gasteiger partial charge is 0.256 e. The fourth-order valence-corrected chi connectivity index (χ4v) is 1.83. The Morgan fingerprint density at radius 1 is 1.27 bits per heavy atom. The molecule has 0 bridgehead atoms. The minimum Gasteiger partial charge on any atom is -0.256 e. The van der Waals surface area contributed by atoms with E-state index in [4.69, 9.17) is 11.6 Å². The summed E-state index contributed by atoms with van der Waals surface area (Å²) in [5.41, 5.74) is 2.35. The first kappa shape index (κ1) is 12.3. The molecule has 2 rings (SSSR count). The molecule has 3 heteroatoms. The van der Waals surface area contributed by atoms with Crippen LogP contribution in [0.25, 0.3) is 10.9 Å². The van der Waals surface area contributed by atoms with Crippen molar-refractivity contribution in [1.82, 2.24) is 4.98 Å². The summed E-state index contributed by atoms with van der Waals surface area (Å²) in [6.45, 7) is 2.18. The van der Waals surface area contributed by atoms with Crippen LogP contribution in [0.1, 0.15) is 18.9 Å². The maximum Gasteiger partial charge on any atom is 0.0719 e. The summed E-state index contributed by atoms with van der Waals surface area (Å²) in [4.78, 5) is 4.30. The molecular weight excluding hydrogens is 229 g/mol. The number of hydrogen-bond acceptors (Lipinski definition) is 1. The molecule has 1 nitrogen and oxygen atoms in total. The first-order chi connectivity index (χ1) is 6.81. The Labute approximate surface area is 101 Å². The highest BCUT2D eigenvalue weighted by Crippen LogP contribution is 2.21. The zero-order valence-electron chi connectivity index (χ0n) is 8.53. The van der Waals surface area contributed by atoms with Crippen molar-refractivity contribution in [3.05, 3.63) is 41.0 Å². The fraction of sp³-hybridized carbons (Fsp3) is 0.250. The molecule has 0 fully saturated rings. The monoisotopic (exact) mass is 241 g/mol. The zero-order valence-corrected chi connectivity index (χ0v) is 10.1. The van der Waals surface area contributed by atoms with Gasteiger partial charge in [0.2, 0.25) is 0 Å². The van der Waals surface area contributed by atoms with Crippen molar-refractivity contribution in [2.75, 3.05) is 0 Å². The second-order valence-electron chi connectivity index (χ2n) is 3.38. The van der Waals surface area contributed by atoms with Crippen molar-refractivity contribution < 1.29 is 0 Å². The average Bonchev–Trinajstić information content (AvgIpc) is 2.18. The molecule has 1 aromatic heterocycles. The van der Waals surface area contributed by atoms with Gasteiger partial charge in [-0.2, -0.15) is 0 Å². The van der Waals surface area contributed by atoms with E-state index in [1.807, 2.05) is 18.3 Å². The van der Waals surface area contributed by atoms with Crippen LogP contribution in [0.2, 0.25) is 5.02 Å². The van der Waals surface area contributed by atoms with Crippen molar-refractivity contribution in [3.8, 4) is 0 Å². The summed E-state index contributed by atoms with van der Waals surface area (Å²) in [6.07, 6.45) is 4.10. The Bertz CT molecular complexity index is 454. The second kappa shape index (κ2) is 5.34. The van der Waals surface area contributed by atoms with E-state index >= 15 is 0 Å². The van der Waals surface area contributed by atoms with Gasteiger partial charge in [-0.3, -0.25) is 4.98 Å². The van der Waals surface area contributed by atoms with Crippen LogP contribution >= 0.6 is 24.0 Å². The zero-order chi connectivity index (χ0) is 9.97. The molecule has 0 aliphatic carbocycles. The third-order valence-electron chi connectivity index (χ3n) is 2.31. The van der Waals surface area contributed by atoms with Crippen LogP contribution in [0.4, 0.5) is 0 Å². The summed E-state index contributed by atoms with van der Waals surface area (Å²) in [6, 6.07) is 7.97. The quantitative estimate of drug-likeness (QED) is 0.766. The summed E-state index contributed by atoms with van der Waals surface area (Å²) in [5, 5.41) is 1.97. The van der Waals surface area contributed by atoms with Gasteiger partial charge >= 0.3 is 0 Å². The van der Waals surface area contributed by atoms with Gasteiger partial charge < -0.3 is 0 Å². The molecule has 0 aliphatic heterocycles. The third kappa shape index (κ3) is 2.61. The van der Waals surface area contributed by atoms with Crippen LogP contribution in [0, 0.1) is 0 Å². The molecule has 0 unspecified atom stereocenters. The summed E-state index contributed by atoms with van der Waals surface area (Å²) < 4.78 is 0. The van der Waals surface area contributed by atoms with Crippen LogP contribution in [0.15, 0.2) is 30.5 Å². The van der Waals surface area contributed by atoms with Gasteiger partial charge in [0.05, 0.1) is 5.52 Å². The molecule has 0 saturated carbocycles. The van der Waals surface area contributed by atoms with Crippen molar-refractivity contribution in [2.45, 2.75) is 19.8 Å². The molecule has 0 radical (unpaired) electrons. The second-order valence-corrected chi connectivity index (χ2v) is 3.82. The standard InChI is InChI=1S/C12H12ClN.ClH/c1-2-3-9-6-7-14-12-8-10(13)4-5-11(9)12;/h4-8H,2-3H2,1H3;1H. The number of nitrogens with zero attached hydrogens (tertiary/aromatic N) is 1. The lowest BCUT2D eigenvalue weighted by atomic mass is 10.1. The molecule has 0 amide bonds. The Balaban J connectivity index is 0.00000112. The van der Waals surface area contributed by atoms with Crippen molar-refractivity contribution in [1.29, 1.82) is 0 Å². The lowest BCUT2D eigenvalue weighted by molar-refractivity contribution is 0.928. The van der Waals surface area contributed by atoms with Gasteiger partial charge in [0.25, 0.3) is 0 Å². The van der Waals surface area contributed by atoms with E-state index in [2.05, 4.69) is 24.0 Å². The average molecular weight is 242 g/mol. The number of hydrogen-bond donors (Lipinski definition) is 0. The molecular formula is C12H13Cl2N. The number of pyridine rings is 1. The predicted octanol–water partition coefficient (Wildman–Crippen LogP) is 4.26. The summed E-state index contributed by atoms with van der Waals surface area (Å²) in [7, 11) is 0. The van der Waals surface area contributed by atoms with Gasteiger partial charge in [-0.15, -0.1) is 12.4 Å². The molecule has 0 N–H and O–H groups in total. The number of benzene rings is 1. The minimum absolute atomic E-state index is 0. The molecule has 15 heavy (non-hydrogen) atoms. The van der Waals surface area contributed by atoms with E-state index in [9.17, 15) is 0 Å². The van der Waals surface area contributed by atoms with Crippen molar-refractivity contribution in [2.24, 2.45) is 0 Å². The van der Waals surface area contributed by atoms with E-state index in [1.165, 1.54) is 10.9 Å². The van der Waals surface area contributed by atoms with Gasteiger partial charge in [0.15, 0.2) is 0 Å². The lowest BCUT2D eigenvalue weighted by Crippen LogP contribution is -1.87. The van der Waals surface area contributed by atoms with E-state index in [-0.39, 0.29) is 12.4 Å². The van der Waals surface area contributed by atoms with Crippen LogP contribution in [0.3, 0.4) is 0 Å². The van der Waals surface area contributed by atoms with Crippen LogP contribution in [0.5, 0.6) is 0 Å². The smallest absolute Gasteiger partial charge is 0.0719 e. The van der Waals surface area contributed by atoms with Gasteiger partial charge in [0, 0.05) is 16.6 Å². The molecule has 1 heterocycles. The number of fused-ring (bicyclic) bond motifs is 1. The van der Waals surface area contributed by atoms with E-state index in [1.54, 1.807) is 0 Å². The van der Waals surface area contributed by atoms with E-state index in [0.717, 1.165) is 23.4 Å². The van der Waals surface area contributed by atoms with Gasteiger partial charge in [0.1, 0.15) is 0 Å². The predicted molar refractivity (Wildman–Crippen MR) is 68.0 cm³/mol. The highest BCUT2D eigenvalue weighted by molar-refractivity contribution is 6.31. The Hall–Kier alpha value is -0.790. The van der Waals surface area contributed by atoms with E-state index in [0.29, 0.717) is 0 Å². The molecule has 80 valence electrons. The normalized spacial score (nSPS) is 10.0. The van der Waals surface area contributed by atoms with Gasteiger partial charge in [-0.1, -0.05) is 31.0 Å². The molecule has 0 spiro atoms. The van der Waals surface area contributed by atoms with Gasteiger partial charge in [-0.05, 0) is 30.2 Å². The number of rotatable bonds is 2.